The normalized spacial score (nSPS) is 18.0. The van der Waals surface area contributed by atoms with Crippen molar-refractivity contribution in [1.82, 2.24) is 5.32 Å². The van der Waals surface area contributed by atoms with E-state index in [0.29, 0.717) is 6.04 Å². The number of hydrogen-bond donors (Lipinski definition) is 2. The van der Waals surface area contributed by atoms with Gasteiger partial charge in [-0.2, -0.15) is 0 Å². The fourth-order valence-electron chi connectivity index (χ4n) is 3.04. The van der Waals surface area contributed by atoms with E-state index in [1.165, 1.54) is 24.1 Å². The van der Waals surface area contributed by atoms with Crippen molar-refractivity contribution in [3.63, 3.8) is 0 Å². The molecule has 1 unspecified atom stereocenters. The lowest BCUT2D eigenvalue weighted by molar-refractivity contribution is 0.145. The van der Waals surface area contributed by atoms with E-state index in [0.717, 1.165) is 38.4 Å². The van der Waals surface area contributed by atoms with Crippen molar-refractivity contribution in [3.05, 3.63) is 29.8 Å². The van der Waals surface area contributed by atoms with Crippen molar-refractivity contribution in [1.29, 1.82) is 0 Å². The van der Waals surface area contributed by atoms with Gasteiger partial charge in [-0.25, -0.2) is 0 Å². The summed E-state index contributed by atoms with van der Waals surface area (Å²) < 4.78 is 0. The second-order valence-corrected chi connectivity index (χ2v) is 7.02. The smallest absolute Gasteiger partial charge is 0.0574 e. The topological polar surface area (TPSA) is 35.5 Å². The number of benzene rings is 1. The molecule has 3 nitrogen and oxygen atoms in total. The first-order valence-corrected chi connectivity index (χ1v) is 8.82. The molecule has 1 aromatic carbocycles. The molecule has 3 heteroatoms. The van der Waals surface area contributed by atoms with E-state index in [-0.39, 0.29) is 6.10 Å². The Balaban J connectivity index is 1.80. The lowest BCUT2D eigenvalue weighted by Crippen LogP contribution is -2.35. The Morgan fingerprint density at radius 3 is 2.36 bits per heavy atom. The number of aliphatic hydroxyl groups is 1. The molecule has 1 aliphatic rings. The Bertz CT molecular complexity index is 422. The van der Waals surface area contributed by atoms with Crippen LogP contribution in [0, 0.1) is 5.92 Å². The van der Waals surface area contributed by atoms with Crippen molar-refractivity contribution in [2.24, 2.45) is 5.92 Å². The van der Waals surface area contributed by atoms with Gasteiger partial charge in [-0.05, 0) is 62.8 Å². The summed E-state index contributed by atoms with van der Waals surface area (Å²) in [6.07, 6.45) is 4.20. The molecule has 0 aromatic heterocycles. The van der Waals surface area contributed by atoms with E-state index in [4.69, 9.17) is 0 Å². The maximum absolute atomic E-state index is 9.59. The Morgan fingerprint density at radius 1 is 1.14 bits per heavy atom. The molecule has 1 fully saturated rings. The SMILES string of the molecule is CC(C)CCCNC(C)c1ccc(N2CCC(O)CC2)cc1. The quantitative estimate of drug-likeness (QED) is 0.753. The van der Waals surface area contributed by atoms with Crippen LogP contribution in [0.2, 0.25) is 0 Å². The van der Waals surface area contributed by atoms with Gasteiger partial charge in [0.25, 0.3) is 0 Å². The van der Waals surface area contributed by atoms with Crippen molar-refractivity contribution in [2.75, 3.05) is 24.5 Å². The third-order valence-electron chi connectivity index (χ3n) is 4.63. The first-order valence-electron chi connectivity index (χ1n) is 8.82. The van der Waals surface area contributed by atoms with Crippen LogP contribution in [0.25, 0.3) is 0 Å². The second-order valence-electron chi connectivity index (χ2n) is 7.02. The van der Waals surface area contributed by atoms with E-state index in [1.54, 1.807) is 0 Å². The summed E-state index contributed by atoms with van der Waals surface area (Å²) in [5, 5.41) is 13.2. The van der Waals surface area contributed by atoms with Crippen LogP contribution in [0.3, 0.4) is 0 Å². The Hall–Kier alpha value is -1.06. The number of aliphatic hydroxyl groups excluding tert-OH is 1. The summed E-state index contributed by atoms with van der Waals surface area (Å²) in [6, 6.07) is 9.32. The van der Waals surface area contributed by atoms with E-state index in [2.05, 4.69) is 55.3 Å². The van der Waals surface area contributed by atoms with Gasteiger partial charge in [0.1, 0.15) is 0 Å². The third kappa shape index (κ3) is 5.29. The fourth-order valence-corrected chi connectivity index (χ4v) is 3.04. The van der Waals surface area contributed by atoms with Crippen LogP contribution in [0.4, 0.5) is 5.69 Å². The minimum absolute atomic E-state index is 0.106. The van der Waals surface area contributed by atoms with Gasteiger partial charge in [0, 0.05) is 24.8 Å². The second kappa shape index (κ2) is 8.54. The van der Waals surface area contributed by atoms with E-state index in [9.17, 15) is 5.11 Å². The van der Waals surface area contributed by atoms with Gasteiger partial charge in [0.15, 0.2) is 0 Å². The average molecular weight is 304 g/mol. The van der Waals surface area contributed by atoms with Crippen molar-refractivity contribution in [2.45, 2.75) is 58.6 Å². The van der Waals surface area contributed by atoms with Gasteiger partial charge in [-0.1, -0.05) is 26.0 Å². The molecule has 0 bridgehead atoms. The first kappa shape index (κ1) is 17.3. The van der Waals surface area contributed by atoms with Crippen LogP contribution in [0.5, 0.6) is 0 Å². The summed E-state index contributed by atoms with van der Waals surface area (Å²) in [5.74, 6) is 0.791. The highest BCUT2D eigenvalue weighted by atomic mass is 16.3. The predicted molar refractivity (Wildman–Crippen MR) is 94.4 cm³/mol. The monoisotopic (exact) mass is 304 g/mol. The average Bonchev–Trinajstić information content (AvgIpc) is 2.52. The number of anilines is 1. The molecule has 22 heavy (non-hydrogen) atoms. The van der Waals surface area contributed by atoms with Crippen LogP contribution in [0.15, 0.2) is 24.3 Å². The van der Waals surface area contributed by atoms with Crippen molar-refractivity contribution in [3.8, 4) is 0 Å². The van der Waals surface area contributed by atoms with Crippen LogP contribution in [-0.2, 0) is 0 Å². The van der Waals surface area contributed by atoms with Gasteiger partial charge in [-0.15, -0.1) is 0 Å². The van der Waals surface area contributed by atoms with Gasteiger partial charge >= 0.3 is 0 Å². The summed E-state index contributed by atoms with van der Waals surface area (Å²) >= 11 is 0. The Morgan fingerprint density at radius 2 is 1.77 bits per heavy atom. The molecule has 2 N–H and O–H groups in total. The molecule has 1 aliphatic heterocycles. The lowest BCUT2D eigenvalue weighted by Gasteiger charge is -2.31. The molecule has 2 rings (SSSR count). The van der Waals surface area contributed by atoms with Gasteiger partial charge in [0.2, 0.25) is 0 Å². The zero-order valence-corrected chi connectivity index (χ0v) is 14.4. The number of nitrogens with one attached hydrogen (secondary N) is 1. The minimum Gasteiger partial charge on any atom is -0.393 e. The predicted octanol–water partition coefficient (Wildman–Crippen LogP) is 3.73. The Labute approximate surface area is 135 Å². The maximum Gasteiger partial charge on any atom is 0.0574 e. The minimum atomic E-state index is -0.106. The van der Waals surface area contributed by atoms with Crippen LogP contribution in [-0.4, -0.2) is 30.8 Å². The van der Waals surface area contributed by atoms with Crippen LogP contribution in [0.1, 0.15) is 58.1 Å². The van der Waals surface area contributed by atoms with Gasteiger partial charge < -0.3 is 15.3 Å². The number of rotatable bonds is 7. The molecular weight excluding hydrogens is 272 g/mol. The zero-order valence-electron chi connectivity index (χ0n) is 14.4. The van der Waals surface area contributed by atoms with Crippen LogP contribution >= 0.6 is 0 Å². The number of piperidine rings is 1. The van der Waals surface area contributed by atoms with E-state index < -0.39 is 0 Å². The molecule has 1 heterocycles. The number of hydrogen-bond acceptors (Lipinski definition) is 3. The Kier molecular flexibility index (Phi) is 6.71. The van der Waals surface area contributed by atoms with Gasteiger partial charge in [-0.3, -0.25) is 0 Å². The van der Waals surface area contributed by atoms with Crippen LogP contribution < -0.4 is 10.2 Å². The molecule has 0 amide bonds. The molecule has 0 spiro atoms. The number of nitrogens with zero attached hydrogens (tertiary/aromatic N) is 1. The highest BCUT2D eigenvalue weighted by Crippen LogP contribution is 2.22. The standard InChI is InChI=1S/C19H32N2O/c1-15(2)5-4-12-20-16(3)17-6-8-18(9-7-17)21-13-10-19(22)11-14-21/h6-9,15-16,19-20,22H,4-5,10-14H2,1-3H3. The largest absolute Gasteiger partial charge is 0.393 e. The summed E-state index contributed by atoms with van der Waals surface area (Å²) in [7, 11) is 0. The zero-order chi connectivity index (χ0) is 15.9. The lowest BCUT2D eigenvalue weighted by atomic mass is 10.0. The van der Waals surface area contributed by atoms with Crippen molar-refractivity contribution >= 4 is 5.69 Å². The fraction of sp³-hybridized carbons (Fsp3) is 0.684. The molecule has 0 aliphatic carbocycles. The van der Waals surface area contributed by atoms with E-state index in [1.807, 2.05) is 0 Å². The highest BCUT2D eigenvalue weighted by Gasteiger charge is 2.17. The summed E-state index contributed by atoms with van der Waals surface area (Å²) in [4.78, 5) is 2.37. The molecule has 1 saturated heterocycles. The highest BCUT2D eigenvalue weighted by molar-refractivity contribution is 5.48. The first-order chi connectivity index (χ1) is 10.6. The van der Waals surface area contributed by atoms with E-state index >= 15 is 0 Å². The third-order valence-corrected chi connectivity index (χ3v) is 4.63. The molecule has 1 atom stereocenters. The van der Waals surface area contributed by atoms with Gasteiger partial charge in [0.05, 0.1) is 6.10 Å². The van der Waals surface area contributed by atoms with Crippen molar-refractivity contribution < 1.29 is 5.11 Å². The molecule has 1 aromatic rings. The molecular formula is C19H32N2O. The molecule has 0 saturated carbocycles. The summed E-state index contributed by atoms with van der Waals surface area (Å²) in [5.41, 5.74) is 2.63. The molecule has 0 radical (unpaired) electrons. The molecule has 124 valence electrons. The summed E-state index contributed by atoms with van der Waals surface area (Å²) in [6.45, 7) is 9.81. The maximum atomic E-state index is 9.59.